The van der Waals surface area contributed by atoms with Crippen molar-refractivity contribution in [3.8, 4) is 11.5 Å². The summed E-state index contributed by atoms with van der Waals surface area (Å²) >= 11 is 0. The number of fused-ring (bicyclic) bond motifs is 2. The van der Waals surface area contributed by atoms with Gasteiger partial charge in [0.2, 0.25) is 6.79 Å². The average Bonchev–Trinajstić information content (AvgIpc) is 3.20. The van der Waals surface area contributed by atoms with Crippen molar-refractivity contribution >= 4 is 10.8 Å². The van der Waals surface area contributed by atoms with Crippen LogP contribution in [0.2, 0.25) is 0 Å². The number of rotatable bonds is 4. The average molecular weight is 378 g/mol. The summed E-state index contributed by atoms with van der Waals surface area (Å²) in [7, 11) is 0. The third-order valence-electron chi connectivity index (χ3n) is 5.40. The zero-order chi connectivity index (χ0) is 18.9. The van der Waals surface area contributed by atoms with E-state index in [4.69, 9.17) is 9.47 Å². The molecule has 2 aromatic carbocycles. The van der Waals surface area contributed by atoms with Crippen molar-refractivity contribution in [1.29, 1.82) is 0 Å². The molecular weight excluding hydrogens is 356 g/mol. The van der Waals surface area contributed by atoms with E-state index in [2.05, 4.69) is 27.0 Å². The highest BCUT2D eigenvalue weighted by Gasteiger charge is 2.19. The zero-order valence-electron chi connectivity index (χ0n) is 15.6. The maximum absolute atomic E-state index is 12.6. The first kappa shape index (κ1) is 17.2. The minimum atomic E-state index is -0.0270. The fourth-order valence-corrected chi connectivity index (χ4v) is 3.80. The molecule has 1 aromatic heterocycles. The zero-order valence-corrected chi connectivity index (χ0v) is 15.6. The first-order chi connectivity index (χ1) is 13.8. The fourth-order valence-electron chi connectivity index (χ4n) is 3.80. The summed E-state index contributed by atoms with van der Waals surface area (Å²) in [6.07, 6.45) is 1.77. The molecule has 0 atom stereocenters. The molecule has 28 heavy (non-hydrogen) atoms. The van der Waals surface area contributed by atoms with Gasteiger partial charge in [-0.2, -0.15) is 5.10 Å². The maximum atomic E-state index is 12.6. The summed E-state index contributed by atoms with van der Waals surface area (Å²) in [5, 5.41) is 5.95. The highest BCUT2D eigenvalue weighted by Crippen LogP contribution is 2.32. The van der Waals surface area contributed by atoms with Gasteiger partial charge in [0.15, 0.2) is 11.5 Å². The number of nitrogens with zero attached hydrogens (tertiary/aromatic N) is 4. The van der Waals surface area contributed by atoms with Crippen LogP contribution in [-0.2, 0) is 13.2 Å². The Bertz CT molecular complexity index is 1060. The van der Waals surface area contributed by atoms with Crippen molar-refractivity contribution in [1.82, 2.24) is 19.6 Å². The van der Waals surface area contributed by atoms with E-state index in [1.165, 1.54) is 5.56 Å². The van der Waals surface area contributed by atoms with Gasteiger partial charge in [-0.25, -0.2) is 4.68 Å². The molecule has 0 amide bonds. The van der Waals surface area contributed by atoms with Gasteiger partial charge in [0.25, 0.3) is 5.56 Å². The second kappa shape index (κ2) is 7.26. The molecule has 144 valence electrons. The molecule has 0 aliphatic carbocycles. The van der Waals surface area contributed by atoms with Gasteiger partial charge in [0.1, 0.15) is 0 Å². The molecule has 0 bridgehead atoms. The van der Waals surface area contributed by atoms with Gasteiger partial charge in [0, 0.05) is 38.1 Å². The van der Waals surface area contributed by atoms with Gasteiger partial charge in [0.05, 0.1) is 18.3 Å². The van der Waals surface area contributed by atoms with E-state index in [0.717, 1.165) is 55.0 Å². The van der Waals surface area contributed by atoms with Crippen LogP contribution in [-0.4, -0.2) is 52.6 Å². The van der Waals surface area contributed by atoms with Crippen molar-refractivity contribution in [2.24, 2.45) is 0 Å². The Kier molecular flexibility index (Phi) is 4.46. The second-order valence-corrected chi connectivity index (χ2v) is 7.26. The Morgan fingerprint density at radius 1 is 0.929 bits per heavy atom. The number of piperazine rings is 1. The van der Waals surface area contributed by atoms with Crippen LogP contribution < -0.4 is 15.0 Å². The summed E-state index contributed by atoms with van der Waals surface area (Å²) < 4.78 is 12.4. The van der Waals surface area contributed by atoms with Crippen LogP contribution in [0.5, 0.6) is 11.5 Å². The molecule has 3 aromatic rings. The molecule has 1 fully saturated rings. The summed E-state index contributed by atoms with van der Waals surface area (Å²) in [4.78, 5) is 17.3. The van der Waals surface area contributed by atoms with Crippen molar-refractivity contribution in [2.45, 2.75) is 13.2 Å². The van der Waals surface area contributed by atoms with Crippen LogP contribution in [0.1, 0.15) is 5.56 Å². The maximum Gasteiger partial charge on any atom is 0.275 e. The van der Waals surface area contributed by atoms with Gasteiger partial charge in [-0.15, -0.1) is 0 Å². The summed E-state index contributed by atoms with van der Waals surface area (Å²) in [6, 6.07) is 13.7. The van der Waals surface area contributed by atoms with Crippen molar-refractivity contribution in [2.75, 3.05) is 33.0 Å². The lowest BCUT2D eigenvalue weighted by Gasteiger charge is -2.34. The molecule has 0 unspecified atom stereocenters. The first-order valence-corrected chi connectivity index (χ1v) is 9.54. The van der Waals surface area contributed by atoms with E-state index in [1.807, 2.05) is 30.3 Å². The lowest BCUT2D eigenvalue weighted by molar-refractivity contribution is 0.0971. The normalized spacial score (nSPS) is 17.3. The Balaban J connectivity index is 1.21. The predicted molar refractivity (Wildman–Crippen MR) is 105 cm³/mol. The monoisotopic (exact) mass is 378 g/mol. The Morgan fingerprint density at radius 2 is 1.71 bits per heavy atom. The van der Waals surface area contributed by atoms with Crippen LogP contribution in [0.25, 0.3) is 10.8 Å². The minimum Gasteiger partial charge on any atom is -0.454 e. The van der Waals surface area contributed by atoms with Gasteiger partial charge < -0.3 is 9.47 Å². The molecule has 0 radical (unpaired) electrons. The quantitative estimate of drug-likeness (QED) is 0.691. The van der Waals surface area contributed by atoms with E-state index < -0.39 is 0 Å². The SMILES string of the molecule is O=c1c2ccccc2cnn1CN1CCN(Cc2ccc3c(c2)OCO3)CC1. The fraction of sp³-hybridized carbons (Fsp3) is 0.333. The minimum absolute atomic E-state index is 0.0270. The van der Waals surface area contributed by atoms with Crippen LogP contribution in [0, 0.1) is 0 Å². The van der Waals surface area contributed by atoms with Crippen molar-refractivity contribution in [3.05, 3.63) is 64.6 Å². The highest BCUT2D eigenvalue weighted by atomic mass is 16.7. The number of benzene rings is 2. The molecular formula is C21H22N4O3. The molecule has 0 saturated carbocycles. The van der Waals surface area contributed by atoms with Crippen molar-refractivity contribution < 1.29 is 9.47 Å². The number of hydrogen-bond acceptors (Lipinski definition) is 6. The van der Waals surface area contributed by atoms with E-state index >= 15 is 0 Å². The lowest BCUT2D eigenvalue weighted by atomic mass is 10.1. The molecule has 0 N–H and O–H groups in total. The topological polar surface area (TPSA) is 59.8 Å². The molecule has 2 aliphatic heterocycles. The summed E-state index contributed by atoms with van der Waals surface area (Å²) in [5.41, 5.74) is 1.20. The van der Waals surface area contributed by atoms with E-state index in [0.29, 0.717) is 13.5 Å². The number of ether oxygens (including phenoxy) is 2. The third-order valence-corrected chi connectivity index (χ3v) is 5.40. The van der Waals surface area contributed by atoms with Crippen molar-refractivity contribution in [3.63, 3.8) is 0 Å². The first-order valence-electron chi connectivity index (χ1n) is 9.54. The van der Waals surface area contributed by atoms with Crippen LogP contribution >= 0.6 is 0 Å². The van der Waals surface area contributed by atoms with E-state index in [9.17, 15) is 4.79 Å². The summed E-state index contributed by atoms with van der Waals surface area (Å²) in [6.45, 7) is 5.45. The Hall–Kier alpha value is -2.90. The van der Waals surface area contributed by atoms with Gasteiger partial charge in [-0.05, 0) is 23.8 Å². The number of hydrogen-bond donors (Lipinski definition) is 0. The molecule has 0 spiro atoms. The summed E-state index contributed by atoms with van der Waals surface area (Å²) in [5.74, 6) is 1.65. The lowest BCUT2D eigenvalue weighted by Crippen LogP contribution is -2.47. The predicted octanol–water partition coefficient (Wildman–Crippen LogP) is 1.90. The van der Waals surface area contributed by atoms with Crippen LogP contribution in [0.4, 0.5) is 0 Å². The molecule has 2 aliphatic rings. The van der Waals surface area contributed by atoms with Gasteiger partial charge in [-0.1, -0.05) is 24.3 Å². The molecule has 7 heteroatoms. The van der Waals surface area contributed by atoms with Crippen LogP contribution in [0.15, 0.2) is 53.5 Å². The van der Waals surface area contributed by atoms with Crippen LogP contribution in [0.3, 0.4) is 0 Å². The largest absolute Gasteiger partial charge is 0.454 e. The van der Waals surface area contributed by atoms with E-state index in [1.54, 1.807) is 10.9 Å². The third kappa shape index (κ3) is 3.34. The second-order valence-electron chi connectivity index (χ2n) is 7.26. The van der Waals surface area contributed by atoms with Gasteiger partial charge >= 0.3 is 0 Å². The standard InChI is InChI=1S/C21H22N4O3/c26-21-18-4-2-1-3-17(18)12-22-25(21)14-24-9-7-23(8-10-24)13-16-5-6-19-20(11-16)28-15-27-19/h1-6,11-12H,7-10,13-15H2. The molecule has 3 heterocycles. The number of aromatic nitrogens is 2. The molecule has 7 nitrogen and oxygen atoms in total. The Labute approximate surface area is 162 Å². The van der Waals surface area contributed by atoms with E-state index in [-0.39, 0.29) is 5.56 Å². The highest BCUT2D eigenvalue weighted by molar-refractivity contribution is 5.80. The molecule has 1 saturated heterocycles. The molecule has 5 rings (SSSR count). The Morgan fingerprint density at radius 3 is 2.61 bits per heavy atom. The smallest absolute Gasteiger partial charge is 0.275 e. The van der Waals surface area contributed by atoms with Gasteiger partial charge in [-0.3, -0.25) is 14.6 Å².